The molecule has 0 spiro atoms. The Morgan fingerprint density at radius 2 is 1.17 bits per heavy atom. The Bertz CT molecular complexity index is 425. The summed E-state index contributed by atoms with van der Waals surface area (Å²) in [5.74, 6) is 0. The Hall–Kier alpha value is -1.83. The van der Waals surface area contributed by atoms with Crippen molar-refractivity contribution in [2.75, 3.05) is 19.0 Å². The largest absolute Gasteiger partial charge is 0.378 e. The Kier molecular flexibility index (Phi) is 5.37. The Labute approximate surface area is 110 Å². The lowest BCUT2D eigenvalue weighted by Gasteiger charge is -2.10. The quantitative estimate of drug-likeness (QED) is 0.757. The van der Waals surface area contributed by atoms with Gasteiger partial charge in [-0.25, -0.2) is 0 Å². The summed E-state index contributed by atoms with van der Waals surface area (Å²) in [5.41, 5.74) is 5.25. The summed E-state index contributed by atoms with van der Waals surface area (Å²) in [6.07, 6.45) is 3.57. The van der Waals surface area contributed by atoms with Crippen LogP contribution in [0.2, 0.25) is 0 Å². The molecule has 0 aliphatic rings. The van der Waals surface area contributed by atoms with Crippen molar-refractivity contribution in [2.45, 2.75) is 20.8 Å². The van der Waals surface area contributed by atoms with Crippen LogP contribution in [0, 0.1) is 20.8 Å². The smallest absolute Gasteiger partial charge is 0.0391 e. The van der Waals surface area contributed by atoms with Crippen molar-refractivity contribution in [2.24, 2.45) is 0 Å². The van der Waals surface area contributed by atoms with Crippen LogP contribution in [0.15, 0.2) is 42.7 Å². The molecular formula is C16H22N2. The SMILES string of the molecule is CN(C)c1ccncc1.Cc1cc(C)cc(C)c1. The molecule has 0 unspecified atom stereocenters. The average Bonchev–Trinajstić information content (AvgIpc) is 2.29. The highest BCUT2D eigenvalue weighted by atomic mass is 15.1. The van der Waals surface area contributed by atoms with Gasteiger partial charge in [-0.2, -0.15) is 0 Å². The number of nitrogens with zero attached hydrogens (tertiary/aromatic N) is 2. The van der Waals surface area contributed by atoms with E-state index in [9.17, 15) is 0 Å². The summed E-state index contributed by atoms with van der Waals surface area (Å²) in [7, 11) is 4.02. The van der Waals surface area contributed by atoms with Gasteiger partial charge in [0.15, 0.2) is 0 Å². The third-order valence-corrected chi connectivity index (χ3v) is 2.55. The maximum absolute atomic E-state index is 3.90. The first-order valence-corrected chi connectivity index (χ1v) is 6.11. The molecule has 0 fully saturated rings. The minimum Gasteiger partial charge on any atom is -0.378 e. The number of hydrogen-bond acceptors (Lipinski definition) is 2. The molecule has 0 saturated carbocycles. The van der Waals surface area contributed by atoms with Gasteiger partial charge in [-0.15, -0.1) is 0 Å². The van der Waals surface area contributed by atoms with Crippen LogP contribution in [0.4, 0.5) is 5.69 Å². The molecule has 0 aliphatic carbocycles. The fourth-order valence-corrected chi connectivity index (χ4v) is 1.84. The summed E-state index contributed by atoms with van der Waals surface area (Å²) >= 11 is 0. The molecule has 2 nitrogen and oxygen atoms in total. The highest BCUT2D eigenvalue weighted by Crippen LogP contribution is 2.06. The van der Waals surface area contributed by atoms with Crippen molar-refractivity contribution in [3.8, 4) is 0 Å². The molecule has 0 N–H and O–H groups in total. The predicted octanol–water partition coefficient (Wildman–Crippen LogP) is 3.76. The normalized spacial score (nSPS) is 9.39. The zero-order valence-corrected chi connectivity index (χ0v) is 11.9. The summed E-state index contributed by atoms with van der Waals surface area (Å²) in [6.45, 7) is 6.38. The summed E-state index contributed by atoms with van der Waals surface area (Å²) in [5, 5.41) is 0. The minimum absolute atomic E-state index is 1.19. The van der Waals surface area contributed by atoms with Crippen LogP contribution in [-0.4, -0.2) is 19.1 Å². The van der Waals surface area contributed by atoms with E-state index in [2.05, 4.69) is 44.0 Å². The van der Waals surface area contributed by atoms with Gasteiger partial charge in [-0.05, 0) is 32.9 Å². The monoisotopic (exact) mass is 242 g/mol. The van der Waals surface area contributed by atoms with E-state index in [0.717, 1.165) is 0 Å². The second-order valence-corrected chi connectivity index (χ2v) is 4.76. The van der Waals surface area contributed by atoms with Crippen molar-refractivity contribution >= 4 is 5.69 Å². The van der Waals surface area contributed by atoms with Crippen molar-refractivity contribution in [3.05, 3.63) is 59.4 Å². The van der Waals surface area contributed by atoms with E-state index in [0.29, 0.717) is 0 Å². The van der Waals surface area contributed by atoms with Gasteiger partial charge in [0.1, 0.15) is 0 Å². The molecule has 0 radical (unpaired) electrons. The van der Waals surface area contributed by atoms with Crippen LogP contribution in [0.25, 0.3) is 0 Å². The molecule has 0 aliphatic heterocycles. The van der Waals surface area contributed by atoms with Crippen LogP contribution in [0.1, 0.15) is 16.7 Å². The standard InChI is InChI=1S/C9H12.C7H10N2/c1-7-4-8(2)6-9(3)5-7;1-9(2)7-3-5-8-6-4-7/h4-6H,1-3H3;3-6H,1-2H3. The van der Waals surface area contributed by atoms with Gasteiger partial charge in [0.25, 0.3) is 0 Å². The fourth-order valence-electron chi connectivity index (χ4n) is 1.84. The Balaban J connectivity index is 0.000000180. The highest BCUT2D eigenvalue weighted by molar-refractivity contribution is 5.42. The van der Waals surface area contributed by atoms with Gasteiger partial charge in [-0.3, -0.25) is 4.98 Å². The average molecular weight is 242 g/mol. The molecule has 2 rings (SSSR count). The van der Waals surface area contributed by atoms with Gasteiger partial charge in [0.2, 0.25) is 0 Å². The third-order valence-electron chi connectivity index (χ3n) is 2.55. The predicted molar refractivity (Wildman–Crippen MR) is 79.2 cm³/mol. The van der Waals surface area contributed by atoms with Gasteiger partial charge >= 0.3 is 0 Å². The van der Waals surface area contributed by atoms with Crippen LogP contribution in [0.5, 0.6) is 0 Å². The van der Waals surface area contributed by atoms with E-state index >= 15 is 0 Å². The van der Waals surface area contributed by atoms with Gasteiger partial charge in [0, 0.05) is 32.2 Å². The van der Waals surface area contributed by atoms with Crippen LogP contribution in [0.3, 0.4) is 0 Å². The lowest BCUT2D eigenvalue weighted by Crippen LogP contribution is -2.07. The first-order chi connectivity index (χ1) is 8.49. The van der Waals surface area contributed by atoms with Crippen LogP contribution >= 0.6 is 0 Å². The number of aryl methyl sites for hydroxylation is 3. The zero-order valence-electron chi connectivity index (χ0n) is 11.9. The number of aromatic nitrogens is 1. The first-order valence-electron chi connectivity index (χ1n) is 6.11. The molecule has 0 amide bonds. The highest BCUT2D eigenvalue weighted by Gasteiger charge is 1.88. The molecular weight excluding hydrogens is 220 g/mol. The van der Waals surface area contributed by atoms with Crippen molar-refractivity contribution in [1.29, 1.82) is 0 Å². The molecule has 0 bridgehead atoms. The van der Waals surface area contributed by atoms with Gasteiger partial charge in [0.05, 0.1) is 0 Å². The van der Waals surface area contributed by atoms with E-state index in [1.165, 1.54) is 22.4 Å². The maximum atomic E-state index is 3.90. The summed E-state index contributed by atoms with van der Waals surface area (Å²) in [4.78, 5) is 5.94. The summed E-state index contributed by atoms with van der Waals surface area (Å²) in [6, 6.07) is 10.5. The first kappa shape index (κ1) is 14.2. The molecule has 18 heavy (non-hydrogen) atoms. The number of anilines is 1. The number of hydrogen-bond donors (Lipinski definition) is 0. The topological polar surface area (TPSA) is 16.1 Å². The number of benzene rings is 1. The van der Waals surface area contributed by atoms with E-state index in [4.69, 9.17) is 0 Å². The molecule has 1 aromatic heterocycles. The van der Waals surface area contributed by atoms with Crippen molar-refractivity contribution < 1.29 is 0 Å². The van der Waals surface area contributed by atoms with E-state index in [1.54, 1.807) is 12.4 Å². The lowest BCUT2D eigenvalue weighted by atomic mass is 10.1. The Morgan fingerprint density at radius 3 is 1.44 bits per heavy atom. The molecule has 0 saturated heterocycles. The molecule has 0 atom stereocenters. The van der Waals surface area contributed by atoms with Crippen LogP contribution < -0.4 is 4.90 Å². The third kappa shape index (κ3) is 5.00. The van der Waals surface area contributed by atoms with Crippen LogP contribution in [-0.2, 0) is 0 Å². The van der Waals surface area contributed by atoms with Gasteiger partial charge in [-0.1, -0.05) is 34.9 Å². The molecule has 2 aromatic rings. The lowest BCUT2D eigenvalue weighted by molar-refractivity contribution is 1.12. The summed E-state index contributed by atoms with van der Waals surface area (Å²) < 4.78 is 0. The minimum atomic E-state index is 1.19. The Morgan fingerprint density at radius 1 is 0.778 bits per heavy atom. The number of pyridine rings is 1. The van der Waals surface area contributed by atoms with Crippen molar-refractivity contribution in [1.82, 2.24) is 4.98 Å². The van der Waals surface area contributed by atoms with Gasteiger partial charge < -0.3 is 4.90 Å². The molecule has 96 valence electrons. The molecule has 1 aromatic carbocycles. The second-order valence-electron chi connectivity index (χ2n) is 4.76. The van der Waals surface area contributed by atoms with E-state index in [1.807, 2.05) is 31.1 Å². The fraction of sp³-hybridized carbons (Fsp3) is 0.312. The van der Waals surface area contributed by atoms with Crippen molar-refractivity contribution in [3.63, 3.8) is 0 Å². The zero-order chi connectivity index (χ0) is 13.5. The molecule has 1 heterocycles. The van der Waals surface area contributed by atoms with E-state index < -0.39 is 0 Å². The second kappa shape index (κ2) is 6.80. The number of rotatable bonds is 1. The maximum Gasteiger partial charge on any atom is 0.0391 e. The van der Waals surface area contributed by atoms with E-state index in [-0.39, 0.29) is 0 Å². The molecule has 2 heteroatoms.